The molecule has 0 unspecified atom stereocenters. The number of ether oxygens (including phenoxy) is 2. The highest BCUT2D eigenvalue weighted by Crippen LogP contribution is 2.35. The second-order valence-electron chi connectivity index (χ2n) is 7.81. The Morgan fingerprint density at radius 3 is 1.15 bits per heavy atom. The third-order valence-electron chi connectivity index (χ3n) is 5.57. The van der Waals surface area contributed by atoms with Gasteiger partial charge in [-0.3, -0.25) is 9.59 Å². The van der Waals surface area contributed by atoms with Crippen LogP contribution >= 0.6 is 0 Å². The average Bonchev–Trinajstić information content (AvgIpc) is 2.69. The van der Waals surface area contributed by atoms with Crippen LogP contribution in [0.3, 0.4) is 0 Å². The summed E-state index contributed by atoms with van der Waals surface area (Å²) in [6.07, 6.45) is 17.3. The predicted octanol–water partition coefficient (Wildman–Crippen LogP) is 6.60. The smallest absolute Gasteiger partial charge is 0.323 e. The summed E-state index contributed by atoms with van der Waals surface area (Å²) in [5.74, 6) is -0.849. The molecule has 0 aromatic heterocycles. The van der Waals surface area contributed by atoms with Gasteiger partial charge in [0.1, 0.15) is 0 Å². The van der Waals surface area contributed by atoms with Crippen molar-refractivity contribution in [2.45, 2.75) is 117 Å². The maximum atomic E-state index is 12.5. The van der Waals surface area contributed by atoms with Crippen LogP contribution in [0.25, 0.3) is 0 Å². The lowest BCUT2D eigenvalue weighted by molar-refractivity contribution is -0.170. The summed E-state index contributed by atoms with van der Waals surface area (Å²) < 4.78 is 10.0. The lowest BCUT2D eigenvalue weighted by Gasteiger charge is -2.28. The van der Waals surface area contributed by atoms with Crippen LogP contribution in [-0.4, -0.2) is 26.2 Å². The number of esters is 2. The highest BCUT2D eigenvalue weighted by Gasteiger charge is 2.47. The van der Waals surface area contributed by atoms with Gasteiger partial charge in [0, 0.05) is 0 Å². The molecule has 0 aliphatic carbocycles. The molecule has 0 spiro atoms. The van der Waals surface area contributed by atoms with Crippen LogP contribution in [0.5, 0.6) is 0 Å². The Morgan fingerprint density at radius 2 is 0.852 bits per heavy atom. The second-order valence-corrected chi connectivity index (χ2v) is 7.81. The number of carbonyl (C=O) groups is 2. The Kier molecular flexibility index (Phi) is 16.4. The minimum Gasteiger partial charge on any atom is -0.468 e. The standard InChI is InChI=1S/C23H44O4/c1-5-7-9-11-13-15-17-19-23(21(24)26-3,22(25)27-4)20-18-16-14-12-10-8-6-2/h5-20H2,1-4H3. The Labute approximate surface area is 167 Å². The number of hydrogen-bond donors (Lipinski definition) is 0. The minimum absolute atomic E-state index is 0.425. The molecule has 0 saturated carbocycles. The zero-order valence-corrected chi connectivity index (χ0v) is 18.4. The highest BCUT2D eigenvalue weighted by atomic mass is 16.5. The van der Waals surface area contributed by atoms with Crippen LogP contribution in [0.15, 0.2) is 0 Å². The molecule has 0 atom stereocenters. The number of unbranched alkanes of at least 4 members (excludes halogenated alkanes) is 12. The van der Waals surface area contributed by atoms with Crippen molar-refractivity contribution in [3.05, 3.63) is 0 Å². The maximum Gasteiger partial charge on any atom is 0.323 e. The third kappa shape index (κ3) is 10.8. The normalized spacial score (nSPS) is 11.4. The molecule has 4 nitrogen and oxygen atoms in total. The van der Waals surface area contributed by atoms with E-state index in [1.165, 1.54) is 65.6 Å². The van der Waals surface area contributed by atoms with Gasteiger partial charge in [0.05, 0.1) is 14.2 Å². The van der Waals surface area contributed by atoms with E-state index in [1.54, 1.807) is 0 Å². The predicted molar refractivity (Wildman–Crippen MR) is 112 cm³/mol. The van der Waals surface area contributed by atoms with Crippen molar-refractivity contribution in [3.8, 4) is 0 Å². The quantitative estimate of drug-likeness (QED) is 0.152. The van der Waals surface area contributed by atoms with E-state index in [9.17, 15) is 9.59 Å². The zero-order valence-electron chi connectivity index (χ0n) is 18.4. The van der Waals surface area contributed by atoms with Gasteiger partial charge >= 0.3 is 11.9 Å². The van der Waals surface area contributed by atoms with Crippen molar-refractivity contribution in [1.29, 1.82) is 0 Å². The molecule has 0 heterocycles. The first-order chi connectivity index (χ1) is 13.1. The van der Waals surface area contributed by atoms with Crippen molar-refractivity contribution in [2.24, 2.45) is 5.41 Å². The number of hydrogen-bond acceptors (Lipinski definition) is 4. The van der Waals surface area contributed by atoms with E-state index in [2.05, 4.69) is 13.8 Å². The first-order valence-corrected chi connectivity index (χ1v) is 11.3. The second kappa shape index (κ2) is 17.1. The van der Waals surface area contributed by atoms with Crippen molar-refractivity contribution < 1.29 is 19.1 Å². The molecule has 0 N–H and O–H groups in total. The first-order valence-electron chi connectivity index (χ1n) is 11.3. The molecule has 0 saturated heterocycles. The Morgan fingerprint density at radius 1 is 0.556 bits per heavy atom. The van der Waals surface area contributed by atoms with E-state index < -0.39 is 17.4 Å². The van der Waals surface area contributed by atoms with E-state index in [4.69, 9.17) is 9.47 Å². The number of methoxy groups -OCH3 is 2. The Balaban J connectivity index is 4.55. The lowest BCUT2D eigenvalue weighted by atomic mass is 9.77. The molecule has 160 valence electrons. The van der Waals surface area contributed by atoms with E-state index in [1.807, 2.05) is 0 Å². The topological polar surface area (TPSA) is 52.6 Å². The molecule has 0 rings (SSSR count). The summed E-state index contributed by atoms with van der Waals surface area (Å²) in [5, 5.41) is 0. The molecule has 4 heteroatoms. The fraction of sp³-hybridized carbons (Fsp3) is 0.913. The van der Waals surface area contributed by atoms with Crippen LogP contribution in [0.4, 0.5) is 0 Å². The van der Waals surface area contributed by atoms with Gasteiger partial charge < -0.3 is 9.47 Å². The van der Waals surface area contributed by atoms with Gasteiger partial charge in [0.25, 0.3) is 0 Å². The third-order valence-corrected chi connectivity index (χ3v) is 5.57. The largest absolute Gasteiger partial charge is 0.468 e. The summed E-state index contributed by atoms with van der Waals surface area (Å²) in [7, 11) is 2.74. The van der Waals surface area contributed by atoms with Gasteiger partial charge in [0.15, 0.2) is 5.41 Å². The average molecular weight is 385 g/mol. The summed E-state index contributed by atoms with van der Waals surface area (Å²) in [5.41, 5.74) is -1.11. The van der Waals surface area contributed by atoms with Crippen LogP contribution in [-0.2, 0) is 19.1 Å². The van der Waals surface area contributed by atoms with E-state index >= 15 is 0 Å². The molecular formula is C23H44O4. The summed E-state index contributed by atoms with van der Waals surface area (Å²) in [6.45, 7) is 4.43. The molecule has 27 heavy (non-hydrogen) atoms. The zero-order chi connectivity index (χ0) is 20.4. The fourth-order valence-electron chi connectivity index (χ4n) is 3.78. The number of rotatable bonds is 18. The van der Waals surface area contributed by atoms with Crippen molar-refractivity contribution in [2.75, 3.05) is 14.2 Å². The summed E-state index contributed by atoms with van der Waals surface area (Å²) >= 11 is 0. The van der Waals surface area contributed by atoms with Crippen LogP contribution in [0.1, 0.15) is 117 Å². The molecule has 0 fully saturated rings. The van der Waals surface area contributed by atoms with E-state index in [0.717, 1.165) is 38.5 Å². The molecule has 0 aromatic rings. The molecule has 0 aliphatic rings. The monoisotopic (exact) mass is 384 g/mol. The molecular weight excluding hydrogens is 340 g/mol. The van der Waals surface area contributed by atoms with Crippen molar-refractivity contribution >= 4 is 11.9 Å². The summed E-state index contributed by atoms with van der Waals surface area (Å²) in [6, 6.07) is 0. The van der Waals surface area contributed by atoms with E-state index in [-0.39, 0.29) is 0 Å². The molecule has 0 amide bonds. The van der Waals surface area contributed by atoms with Crippen LogP contribution in [0, 0.1) is 5.41 Å². The molecule has 0 radical (unpaired) electrons. The Hall–Kier alpha value is -1.06. The SMILES string of the molecule is CCCCCCCCCC(CCCCCCCCC)(C(=O)OC)C(=O)OC. The van der Waals surface area contributed by atoms with Crippen molar-refractivity contribution in [1.82, 2.24) is 0 Å². The molecule has 0 aromatic carbocycles. The number of carbonyl (C=O) groups excluding carboxylic acids is 2. The van der Waals surface area contributed by atoms with Crippen LogP contribution < -0.4 is 0 Å². The van der Waals surface area contributed by atoms with Gasteiger partial charge in [-0.15, -0.1) is 0 Å². The van der Waals surface area contributed by atoms with Gasteiger partial charge in [-0.25, -0.2) is 0 Å². The van der Waals surface area contributed by atoms with Gasteiger partial charge in [-0.2, -0.15) is 0 Å². The van der Waals surface area contributed by atoms with Crippen LogP contribution in [0.2, 0.25) is 0 Å². The molecule has 0 bridgehead atoms. The lowest BCUT2D eigenvalue weighted by Crippen LogP contribution is -2.41. The minimum atomic E-state index is -1.11. The first kappa shape index (κ1) is 25.9. The van der Waals surface area contributed by atoms with Gasteiger partial charge in [-0.1, -0.05) is 104 Å². The fourth-order valence-corrected chi connectivity index (χ4v) is 3.78. The van der Waals surface area contributed by atoms with Gasteiger partial charge in [-0.05, 0) is 12.8 Å². The summed E-state index contributed by atoms with van der Waals surface area (Å²) in [4.78, 5) is 25.0. The van der Waals surface area contributed by atoms with Crippen molar-refractivity contribution in [3.63, 3.8) is 0 Å². The molecule has 0 aliphatic heterocycles. The Bertz CT molecular complexity index is 343. The van der Waals surface area contributed by atoms with E-state index in [0.29, 0.717) is 12.8 Å². The highest BCUT2D eigenvalue weighted by molar-refractivity contribution is 5.99. The van der Waals surface area contributed by atoms with Gasteiger partial charge in [0.2, 0.25) is 0 Å². The maximum absolute atomic E-state index is 12.5.